The molecule has 122 valence electrons. The Morgan fingerprint density at radius 1 is 1.29 bits per heavy atom. The molecule has 0 bridgehead atoms. The lowest BCUT2D eigenvalue weighted by Gasteiger charge is -2.39. The van der Waals surface area contributed by atoms with E-state index in [1.54, 1.807) is 4.90 Å². The van der Waals surface area contributed by atoms with Crippen LogP contribution in [0.1, 0.15) is 59.8 Å². The van der Waals surface area contributed by atoms with Gasteiger partial charge in [0.25, 0.3) is 0 Å². The Balaban J connectivity index is 2.47. The van der Waals surface area contributed by atoms with E-state index in [9.17, 15) is 9.59 Å². The van der Waals surface area contributed by atoms with Crippen LogP contribution in [-0.2, 0) is 4.79 Å². The van der Waals surface area contributed by atoms with Crippen LogP contribution in [0.2, 0.25) is 0 Å². The van der Waals surface area contributed by atoms with Crippen molar-refractivity contribution in [2.45, 2.75) is 65.8 Å². The lowest BCUT2D eigenvalue weighted by molar-refractivity contribution is -0.139. The molecule has 1 saturated heterocycles. The van der Waals surface area contributed by atoms with Gasteiger partial charge in [-0.15, -0.1) is 0 Å². The first-order valence-corrected chi connectivity index (χ1v) is 8.04. The van der Waals surface area contributed by atoms with Crippen molar-refractivity contribution >= 4 is 12.0 Å². The molecule has 5 nitrogen and oxygen atoms in total. The molecule has 0 radical (unpaired) electrons. The van der Waals surface area contributed by atoms with E-state index in [-0.39, 0.29) is 11.4 Å². The fourth-order valence-electron chi connectivity index (χ4n) is 2.85. The number of likely N-dealkylation sites (tertiary alicyclic amines) is 1. The standard InChI is InChI=1S/C16H30N2O3/c1-5-6-7-13(14(19)20)17-15(21)18-10-8-12(9-11-18)16(2,3)4/h12-13H,5-11H2,1-4H3,(H,17,21)(H,19,20)/t13-/m0/s1. The van der Waals surface area contributed by atoms with Crippen LogP contribution in [0.3, 0.4) is 0 Å². The third-order valence-electron chi connectivity index (χ3n) is 4.45. The van der Waals surface area contributed by atoms with Gasteiger partial charge in [0.2, 0.25) is 0 Å². The molecule has 1 aliphatic rings. The lowest BCUT2D eigenvalue weighted by atomic mass is 9.75. The summed E-state index contributed by atoms with van der Waals surface area (Å²) in [7, 11) is 0. The highest BCUT2D eigenvalue weighted by atomic mass is 16.4. The molecule has 21 heavy (non-hydrogen) atoms. The number of carbonyl (C=O) groups excluding carboxylic acids is 1. The van der Waals surface area contributed by atoms with Crippen molar-refractivity contribution < 1.29 is 14.7 Å². The summed E-state index contributed by atoms with van der Waals surface area (Å²) in [5.41, 5.74) is 0.271. The molecule has 1 rings (SSSR count). The van der Waals surface area contributed by atoms with Crippen molar-refractivity contribution in [3.05, 3.63) is 0 Å². The van der Waals surface area contributed by atoms with Gasteiger partial charge in [0.15, 0.2) is 0 Å². The second-order valence-corrected chi connectivity index (χ2v) is 7.11. The largest absolute Gasteiger partial charge is 0.480 e. The van der Waals surface area contributed by atoms with Crippen LogP contribution < -0.4 is 5.32 Å². The maximum atomic E-state index is 12.2. The lowest BCUT2D eigenvalue weighted by Crippen LogP contribution is -2.50. The number of piperidine rings is 1. The molecule has 1 atom stereocenters. The molecule has 0 aromatic heterocycles. The van der Waals surface area contributed by atoms with Crippen molar-refractivity contribution in [1.82, 2.24) is 10.2 Å². The minimum Gasteiger partial charge on any atom is -0.480 e. The van der Waals surface area contributed by atoms with E-state index >= 15 is 0 Å². The number of hydrogen-bond donors (Lipinski definition) is 2. The summed E-state index contributed by atoms with van der Waals surface area (Å²) >= 11 is 0. The molecule has 0 unspecified atom stereocenters. The van der Waals surface area contributed by atoms with Gasteiger partial charge in [0.05, 0.1) is 0 Å². The third kappa shape index (κ3) is 5.56. The Hall–Kier alpha value is -1.26. The van der Waals surface area contributed by atoms with Gasteiger partial charge in [-0.25, -0.2) is 9.59 Å². The Morgan fingerprint density at radius 2 is 1.86 bits per heavy atom. The van der Waals surface area contributed by atoms with Gasteiger partial charge in [-0.2, -0.15) is 0 Å². The second-order valence-electron chi connectivity index (χ2n) is 7.11. The van der Waals surface area contributed by atoms with Crippen LogP contribution in [0.5, 0.6) is 0 Å². The Morgan fingerprint density at radius 3 is 2.29 bits per heavy atom. The first-order chi connectivity index (χ1) is 9.75. The molecule has 5 heteroatoms. The first kappa shape index (κ1) is 17.8. The minimum absolute atomic E-state index is 0.231. The van der Waals surface area contributed by atoms with Gasteiger partial charge < -0.3 is 15.3 Å². The number of urea groups is 1. The van der Waals surface area contributed by atoms with Gasteiger partial charge in [0.1, 0.15) is 6.04 Å². The average molecular weight is 298 g/mol. The molecular formula is C16H30N2O3. The Kier molecular flexibility index (Phi) is 6.49. The number of unbranched alkanes of at least 4 members (excludes halogenated alkanes) is 1. The highest BCUT2D eigenvalue weighted by molar-refractivity contribution is 5.82. The summed E-state index contributed by atoms with van der Waals surface area (Å²) in [5.74, 6) is -0.321. The quantitative estimate of drug-likeness (QED) is 0.819. The number of carboxylic acids is 1. The Bertz CT molecular complexity index is 355. The van der Waals surface area contributed by atoms with Crippen molar-refractivity contribution in [3.8, 4) is 0 Å². The van der Waals surface area contributed by atoms with Crippen molar-refractivity contribution in [2.75, 3.05) is 13.1 Å². The van der Waals surface area contributed by atoms with E-state index < -0.39 is 12.0 Å². The zero-order chi connectivity index (χ0) is 16.0. The molecule has 0 aromatic carbocycles. The van der Waals surface area contributed by atoms with Gasteiger partial charge in [-0.05, 0) is 30.6 Å². The molecule has 1 heterocycles. The van der Waals surface area contributed by atoms with Crippen LogP contribution in [-0.4, -0.2) is 41.1 Å². The third-order valence-corrected chi connectivity index (χ3v) is 4.45. The molecular weight excluding hydrogens is 268 g/mol. The number of carboxylic acid groups (broad SMARTS) is 1. The maximum absolute atomic E-state index is 12.2. The summed E-state index contributed by atoms with van der Waals surface area (Å²) in [5, 5.41) is 11.8. The van der Waals surface area contributed by atoms with E-state index in [0.29, 0.717) is 25.4 Å². The topological polar surface area (TPSA) is 69.6 Å². The highest BCUT2D eigenvalue weighted by Gasteiger charge is 2.31. The fraction of sp³-hybridized carbons (Fsp3) is 0.875. The van der Waals surface area contributed by atoms with Crippen molar-refractivity contribution in [1.29, 1.82) is 0 Å². The number of nitrogens with zero attached hydrogens (tertiary/aromatic N) is 1. The van der Waals surface area contributed by atoms with E-state index in [1.807, 2.05) is 6.92 Å². The number of amides is 2. The second kappa shape index (κ2) is 7.66. The number of carbonyl (C=O) groups is 2. The smallest absolute Gasteiger partial charge is 0.326 e. The van der Waals surface area contributed by atoms with Gasteiger partial charge in [0, 0.05) is 13.1 Å². The zero-order valence-corrected chi connectivity index (χ0v) is 13.8. The monoisotopic (exact) mass is 298 g/mol. The molecule has 0 saturated carbocycles. The van der Waals surface area contributed by atoms with Crippen LogP contribution >= 0.6 is 0 Å². The molecule has 0 aromatic rings. The van der Waals surface area contributed by atoms with Crippen molar-refractivity contribution in [3.63, 3.8) is 0 Å². The maximum Gasteiger partial charge on any atom is 0.326 e. The fourth-order valence-corrected chi connectivity index (χ4v) is 2.85. The molecule has 1 aliphatic heterocycles. The van der Waals surface area contributed by atoms with Gasteiger partial charge in [-0.1, -0.05) is 40.5 Å². The number of hydrogen-bond acceptors (Lipinski definition) is 2. The first-order valence-electron chi connectivity index (χ1n) is 8.04. The molecule has 1 fully saturated rings. The predicted octanol–water partition coefficient (Wildman–Crippen LogP) is 3.10. The van der Waals surface area contributed by atoms with Gasteiger partial charge >= 0.3 is 12.0 Å². The van der Waals surface area contributed by atoms with Crippen LogP contribution in [0.4, 0.5) is 4.79 Å². The predicted molar refractivity (Wildman–Crippen MR) is 83.2 cm³/mol. The molecule has 0 spiro atoms. The number of nitrogens with one attached hydrogen (secondary N) is 1. The molecule has 2 N–H and O–H groups in total. The Labute approximate surface area is 128 Å². The summed E-state index contributed by atoms with van der Waals surface area (Å²) in [6.45, 7) is 10.1. The molecule has 0 aliphatic carbocycles. The number of rotatable bonds is 5. The van der Waals surface area contributed by atoms with E-state index in [0.717, 1.165) is 25.7 Å². The summed E-state index contributed by atoms with van der Waals surface area (Å²) < 4.78 is 0. The van der Waals surface area contributed by atoms with Crippen LogP contribution in [0, 0.1) is 11.3 Å². The zero-order valence-electron chi connectivity index (χ0n) is 13.8. The van der Waals surface area contributed by atoms with Gasteiger partial charge in [-0.3, -0.25) is 0 Å². The van der Waals surface area contributed by atoms with E-state index in [1.165, 1.54) is 0 Å². The highest BCUT2D eigenvalue weighted by Crippen LogP contribution is 2.34. The van der Waals surface area contributed by atoms with E-state index in [2.05, 4.69) is 26.1 Å². The number of aliphatic carboxylic acids is 1. The SMILES string of the molecule is CCCC[C@H](NC(=O)N1CCC(C(C)(C)C)CC1)C(=O)O. The van der Waals surface area contributed by atoms with Crippen molar-refractivity contribution in [2.24, 2.45) is 11.3 Å². The summed E-state index contributed by atoms with van der Waals surface area (Å²) in [6.07, 6.45) is 4.21. The summed E-state index contributed by atoms with van der Waals surface area (Å²) in [4.78, 5) is 25.1. The van der Waals surface area contributed by atoms with Crippen LogP contribution in [0.25, 0.3) is 0 Å². The summed E-state index contributed by atoms with van der Waals surface area (Å²) in [6, 6.07) is -0.997. The van der Waals surface area contributed by atoms with Crippen LogP contribution in [0.15, 0.2) is 0 Å². The minimum atomic E-state index is -0.943. The molecule has 2 amide bonds. The average Bonchev–Trinajstić information content (AvgIpc) is 2.42. The van der Waals surface area contributed by atoms with E-state index in [4.69, 9.17) is 5.11 Å². The normalized spacial score (nSPS) is 18.4.